The van der Waals surface area contributed by atoms with Gasteiger partial charge >= 0.3 is 0 Å². The lowest BCUT2D eigenvalue weighted by molar-refractivity contribution is -0.127. The Kier molecular flexibility index (Phi) is 9.52. The molecule has 1 aliphatic rings. The minimum absolute atomic E-state index is 0.0750. The molecule has 11 heteroatoms. The average Bonchev–Trinajstić information content (AvgIpc) is 2.69. The molecule has 2 amide bonds. The molecule has 0 aliphatic heterocycles. The zero-order chi connectivity index (χ0) is 21.3. The molecule has 1 aliphatic carbocycles. The Morgan fingerprint density at radius 1 is 1.04 bits per heavy atom. The number of allylic oxidation sites excluding steroid dienone is 1. The van der Waals surface area contributed by atoms with Crippen LogP contribution in [0.5, 0.6) is 0 Å². The molecule has 10 N–H and O–H groups in total. The molecule has 160 valence electrons. The molecule has 0 aromatic carbocycles. The van der Waals surface area contributed by atoms with Crippen molar-refractivity contribution in [3.8, 4) is 0 Å². The lowest BCUT2D eigenvalue weighted by atomic mass is 9.72. The number of nitrogens with two attached hydrogens (primary N) is 1. The van der Waals surface area contributed by atoms with Crippen molar-refractivity contribution in [3.63, 3.8) is 0 Å². The van der Waals surface area contributed by atoms with E-state index in [1.165, 1.54) is 12.2 Å². The molecule has 4 atom stereocenters. The second-order valence-electron chi connectivity index (χ2n) is 6.77. The highest BCUT2D eigenvalue weighted by Crippen LogP contribution is 2.38. The normalized spacial score (nSPS) is 22.5. The summed E-state index contributed by atoms with van der Waals surface area (Å²) < 4.78 is 0. The van der Waals surface area contributed by atoms with Gasteiger partial charge in [0.1, 0.15) is 0 Å². The summed E-state index contributed by atoms with van der Waals surface area (Å²) in [6.45, 7) is -1.94. The quantitative estimate of drug-likeness (QED) is 0.155. The fraction of sp³-hybridized carbons (Fsp3) is 0.647. The minimum atomic E-state index is -1.48. The van der Waals surface area contributed by atoms with E-state index in [0.717, 1.165) is 0 Å². The lowest BCUT2D eigenvalue weighted by Gasteiger charge is -2.34. The van der Waals surface area contributed by atoms with E-state index in [9.17, 15) is 24.9 Å². The molecule has 0 saturated carbocycles. The highest BCUT2D eigenvalue weighted by molar-refractivity contribution is 5.96. The lowest BCUT2D eigenvalue weighted by Crippen LogP contribution is -2.44. The van der Waals surface area contributed by atoms with Crippen molar-refractivity contribution < 1.29 is 40.2 Å². The second-order valence-corrected chi connectivity index (χ2v) is 6.77. The Morgan fingerprint density at radius 2 is 1.61 bits per heavy atom. The Labute approximate surface area is 162 Å². The molecular formula is C17H29N3O8. The molecule has 0 bridgehead atoms. The fourth-order valence-electron chi connectivity index (χ4n) is 2.78. The number of hydrogen-bond acceptors (Lipinski definition) is 9. The van der Waals surface area contributed by atoms with Gasteiger partial charge in [-0.1, -0.05) is 0 Å². The molecule has 1 rings (SSSR count). The largest absolute Gasteiger partial charge is 0.394 e. The zero-order valence-corrected chi connectivity index (χ0v) is 15.4. The van der Waals surface area contributed by atoms with Crippen LogP contribution in [0.25, 0.3) is 0 Å². The average molecular weight is 403 g/mol. The summed E-state index contributed by atoms with van der Waals surface area (Å²) in [5, 5.41) is 60.8. The number of aliphatic hydroxyl groups is 6. The van der Waals surface area contributed by atoms with Crippen LogP contribution >= 0.6 is 0 Å². The van der Waals surface area contributed by atoms with Gasteiger partial charge in [-0.3, -0.25) is 9.59 Å². The molecule has 0 fully saturated rings. The van der Waals surface area contributed by atoms with Gasteiger partial charge in [0.25, 0.3) is 0 Å². The van der Waals surface area contributed by atoms with E-state index in [4.69, 9.17) is 21.1 Å². The SMILES string of the molecule is NC(=O)C1(CC(O)CO)C=C(NCC(O)CO)C=C(C(=O)NCC(O)CO)C1. The van der Waals surface area contributed by atoms with Crippen LogP contribution in [0.2, 0.25) is 0 Å². The molecule has 0 heterocycles. The van der Waals surface area contributed by atoms with Crippen molar-refractivity contribution in [3.05, 3.63) is 23.4 Å². The zero-order valence-electron chi connectivity index (χ0n) is 15.4. The highest BCUT2D eigenvalue weighted by atomic mass is 16.3. The van der Waals surface area contributed by atoms with Crippen molar-refractivity contribution >= 4 is 11.8 Å². The Hall–Kier alpha value is -2.02. The maximum Gasteiger partial charge on any atom is 0.247 e. The van der Waals surface area contributed by atoms with Gasteiger partial charge < -0.3 is 47.0 Å². The standard InChI is InChI=1S/C17H29N3O8/c18-16(28)17(4-12(24)7-21)2-10(15(27)20-6-14(26)9-23)1-11(3-17)19-5-13(25)8-22/h1,3,12-14,19,21-26H,2,4-9H2,(H2,18,28)(H,20,27). The molecule has 4 unspecified atom stereocenters. The van der Waals surface area contributed by atoms with Crippen LogP contribution < -0.4 is 16.4 Å². The van der Waals surface area contributed by atoms with E-state index in [1.807, 2.05) is 0 Å². The van der Waals surface area contributed by atoms with Crippen LogP contribution in [-0.2, 0) is 9.59 Å². The molecule has 0 spiro atoms. The van der Waals surface area contributed by atoms with E-state index in [0.29, 0.717) is 0 Å². The molecule has 11 nitrogen and oxygen atoms in total. The number of hydrogen-bond donors (Lipinski definition) is 9. The number of carbonyl (C=O) groups excluding carboxylic acids is 2. The van der Waals surface area contributed by atoms with Gasteiger partial charge in [-0.05, 0) is 25.0 Å². The maximum absolute atomic E-state index is 12.4. The van der Waals surface area contributed by atoms with E-state index < -0.39 is 55.4 Å². The summed E-state index contributed by atoms with van der Waals surface area (Å²) in [4.78, 5) is 24.6. The minimum Gasteiger partial charge on any atom is -0.394 e. The Balaban J connectivity index is 3.13. The summed E-state index contributed by atoms with van der Waals surface area (Å²) in [7, 11) is 0. The fourth-order valence-corrected chi connectivity index (χ4v) is 2.78. The van der Waals surface area contributed by atoms with Crippen LogP contribution in [0, 0.1) is 5.41 Å². The molecule has 0 radical (unpaired) electrons. The molecule has 0 aromatic rings. The van der Waals surface area contributed by atoms with Crippen LogP contribution in [-0.4, -0.2) is 93.7 Å². The first-order chi connectivity index (χ1) is 13.2. The third kappa shape index (κ3) is 6.86. The predicted octanol–water partition coefficient (Wildman–Crippen LogP) is -4.17. The summed E-state index contributed by atoms with van der Waals surface area (Å²) in [5.74, 6) is -1.44. The van der Waals surface area contributed by atoms with Crippen molar-refractivity contribution in [1.29, 1.82) is 0 Å². The maximum atomic E-state index is 12.4. The van der Waals surface area contributed by atoms with Crippen LogP contribution in [0.4, 0.5) is 0 Å². The predicted molar refractivity (Wildman–Crippen MR) is 97.3 cm³/mol. The number of rotatable bonds is 12. The Morgan fingerprint density at radius 3 is 2.14 bits per heavy atom. The number of carbonyl (C=O) groups is 2. The number of amides is 2. The van der Waals surface area contributed by atoms with Crippen molar-refractivity contribution in [2.24, 2.45) is 11.1 Å². The molecular weight excluding hydrogens is 374 g/mol. The van der Waals surface area contributed by atoms with Gasteiger partial charge in [0.2, 0.25) is 11.8 Å². The summed E-state index contributed by atoms with van der Waals surface area (Å²) in [6.07, 6.45) is -1.07. The van der Waals surface area contributed by atoms with Crippen LogP contribution in [0.15, 0.2) is 23.4 Å². The van der Waals surface area contributed by atoms with Gasteiger partial charge in [-0.2, -0.15) is 0 Å². The van der Waals surface area contributed by atoms with Gasteiger partial charge in [0.05, 0.1) is 43.5 Å². The Bertz CT molecular complexity index is 609. The smallest absolute Gasteiger partial charge is 0.247 e. The topological polar surface area (TPSA) is 206 Å². The van der Waals surface area contributed by atoms with Crippen LogP contribution in [0.3, 0.4) is 0 Å². The molecule has 0 aromatic heterocycles. The monoisotopic (exact) mass is 403 g/mol. The van der Waals surface area contributed by atoms with E-state index in [1.54, 1.807) is 0 Å². The number of primary amides is 1. The first kappa shape index (κ1) is 24.0. The van der Waals surface area contributed by atoms with Gasteiger partial charge in [-0.15, -0.1) is 0 Å². The first-order valence-electron chi connectivity index (χ1n) is 8.79. The van der Waals surface area contributed by atoms with Gasteiger partial charge in [-0.25, -0.2) is 0 Å². The third-order valence-corrected chi connectivity index (χ3v) is 4.32. The molecule has 0 saturated heterocycles. The first-order valence-corrected chi connectivity index (χ1v) is 8.79. The third-order valence-electron chi connectivity index (χ3n) is 4.32. The van der Waals surface area contributed by atoms with Gasteiger partial charge in [0, 0.05) is 24.4 Å². The van der Waals surface area contributed by atoms with E-state index >= 15 is 0 Å². The number of aliphatic hydroxyl groups excluding tert-OH is 6. The number of nitrogens with one attached hydrogen (secondary N) is 2. The van der Waals surface area contributed by atoms with Crippen molar-refractivity contribution in [2.45, 2.75) is 31.2 Å². The van der Waals surface area contributed by atoms with Crippen molar-refractivity contribution in [2.75, 3.05) is 32.9 Å². The van der Waals surface area contributed by atoms with Crippen LogP contribution in [0.1, 0.15) is 12.8 Å². The summed E-state index contributed by atoms with van der Waals surface area (Å²) in [5.41, 5.74) is 4.42. The summed E-state index contributed by atoms with van der Waals surface area (Å²) >= 11 is 0. The van der Waals surface area contributed by atoms with Gasteiger partial charge in [0.15, 0.2) is 0 Å². The summed E-state index contributed by atoms with van der Waals surface area (Å²) in [6, 6.07) is 0. The highest BCUT2D eigenvalue weighted by Gasteiger charge is 2.41. The second kappa shape index (κ2) is 11.1. The van der Waals surface area contributed by atoms with E-state index in [-0.39, 0.29) is 37.2 Å². The van der Waals surface area contributed by atoms with Crippen molar-refractivity contribution in [1.82, 2.24) is 10.6 Å². The molecule has 28 heavy (non-hydrogen) atoms. The van der Waals surface area contributed by atoms with E-state index in [2.05, 4.69) is 10.6 Å².